The number of carbonyl (C=O) groups excluding carboxylic acids is 1. The predicted octanol–water partition coefficient (Wildman–Crippen LogP) is 2.96. The first-order chi connectivity index (χ1) is 7.48. The van der Waals surface area contributed by atoms with Gasteiger partial charge in [-0.2, -0.15) is 0 Å². The molecule has 0 aliphatic carbocycles. The molecule has 2 saturated heterocycles. The molecule has 90 valence electrons. The lowest BCUT2D eigenvalue weighted by Crippen LogP contribution is -2.59. The van der Waals surface area contributed by atoms with Gasteiger partial charge in [-0.15, -0.1) is 0 Å². The number of hydrogen-bond donors (Lipinski definition) is 0. The lowest BCUT2D eigenvalue weighted by Gasteiger charge is -2.47. The smallest absolute Gasteiger partial charge is 0.411 e. The maximum Gasteiger partial charge on any atom is 0.411 e. The Bertz CT molecular complexity index is 326. The molecule has 1 unspecified atom stereocenters. The minimum Gasteiger partial charge on any atom is -0.436 e. The molecule has 0 bridgehead atoms. The Balaban J connectivity index is 2.47. The molecule has 0 aromatic carbocycles. The van der Waals surface area contributed by atoms with Gasteiger partial charge in [-0.25, -0.2) is 4.79 Å². The summed E-state index contributed by atoms with van der Waals surface area (Å²) in [5.74, 6) is 0.252. The maximum absolute atomic E-state index is 11.9. The first-order valence-electron chi connectivity index (χ1n) is 6.12. The Morgan fingerprint density at radius 3 is 2.75 bits per heavy atom. The van der Waals surface area contributed by atoms with Crippen molar-refractivity contribution in [3.8, 4) is 0 Å². The molecule has 2 fully saturated rings. The molecule has 16 heavy (non-hydrogen) atoms. The summed E-state index contributed by atoms with van der Waals surface area (Å²) in [5, 5.41) is 0. The quantitative estimate of drug-likeness (QED) is 0.674. The van der Waals surface area contributed by atoms with Gasteiger partial charge in [-0.1, -0.05) is 20.4 Å². The highest BCUT2D eigenvalue weighted by Crippen LogP contribution is 2.49. The Kier molecular flexibility index (Phi) is 2.52. The molecule has 0 aromatic heterocycles. The Hall–Kier alpha value is -0.990. The fourth-order valence-electron chi connectivity index (χ4n) is 3.37. The summed E-state index contributed by atoms with van der Waals surface area (Å²) < 4.78 is 5.68. The van der Waals surface area contributed by atoms with Gasteiger partial charge in [0.05, 0.1) is 5.54 Å². The number of hydrogen-bond acceptors (Lipinski definition) is 2. The highest BCUT2D eigenvalue weighted by atomic mass is 16.6. The van der Waals surface area contributed by atoms with Gasteiger partial charge in [0.25, 0.3) is 0 Å². The summed E-state index contributed by atoms with van der Waals surface area (Å²) in [6.07, 6.45) is 4.90. The number of piperidine rings is 1. The van der Waals surface area contributed by atoms with E-state index in [0.29, 0.717) is 0 Å². The summed E-state index contributed by atoms with van der Waals surface area (Å²) in [5.41, 5.74) is -0.733. The van der Waals surface area contributed by atoms with Crippen LogP contribution in [0.5, 0.6) is 0 Å². The third kappa shape index (κ3) is 1.17. The topological polar surface area (TPSA) is 29.5 Å². The van der Waals surface area contributed by atoms with Crippen LogP contribution < -0.4 is 0 Å². The summed E-state index contributed by atoms with van der Waals surface area (Å²) in [4.78, 5) is 13.8. The third-order valence-corrected chi connectivity index (χ3v) is 4.37. The third-order valence-electron chi connectivity index (χ3n) is 4.37. The molecule has 2 atom stereocenters. The summed E-state index contributed by atoms with van der Waals surface area (Å²) in [7, 11) is 0. The Morgan fingerprint density at radius 2 is 2.19 bits per heavy atom. The molecule has 0 saturated carbocycles. The summed E-state index contributed by atoms with van der Waals surface area (Å²) >= 11 is 0. The zero-order valence-electron chi connectivity index (χ0n) is 10.5. The summed E-state index contributed by atoms with van der Waals surface area (Å²) in [6.45, 7) is 11.0. The van der Waals surface area contributed by atoms with E-state index in [1.165, 1.54) is 0 Å². The highest BCUT2D eigenvalue weighted by molar-refractivity contribution is 5.73. The number of rotatable bonds is 2. The van der Waals surface area contributed by atoms with Gasteiger partial charge in [0, 0.05) is 6.54 Å². The molecule has 0 aromatic rings. The van der Waals surface area contributed by atoms with Crippen molar-refractivity contribution >= 4 is 6.09 Å². The SMILES string of the molecule is C=C[C@@]1(C(C)C)OC(=O)N2CCCCC21C. The fraction of sp³-hybridized carbons (Fsp3) is 0.769. The first-order valence-corrected chi connectivity index (χ1v) is 6.12. The largest absolute Gasteiger partial charge is 0.436 e. The second-order valence-corrected chi connectivity index (χ2v) is 5.40. The minimum atomic E-state index is -0.523. The number of carbonyl (C=O) groups is 1. The number of cyclic esters (lactones) is 1. The molecule has 3 heteroatoms. The summed E-state index contributed by atoms with van der Waals surface area (Å²) in [6, 6.07) is 0. The monoisotopic (exact) mass is 223 g/mol. The standard InChI is InChI=1S/C13H21NO2/c1-5-13(10(2)3)12(4)8-6-7-9-14(12)11(15)16-13/h5,10H,1,6-9H2,2-4H3/t12?,13-/m0/s1. The van der Waals surface area contributed by atoms with Crippen molar-refractivity contribution in [3.63, 3.8) is 0 Å². The van der Waals surface area contributed by atoms with E-state index in [9.17, 15) is 4.79 Å². The van der Waals surface area contributed by atoms with E-state index >= 15 is 0 Å². The van der Waals surface area contributed by atoms with E-state index in [1.807, 2.05) is 11.0 Å². The predicted molar refractivity (Wildman–Crippen MR) is 63.2 cm³/mol. The van der Waals surface area contributed by atoms with E-state index in [2.05, 4.69) is 27.4 Å². The lowest BCUT2D eigenvalue weighted by molar-refractivity contribution is -0.0167. The van der Waals surface area contributed by atoms with E-state index < -0.39 is 5.60 Å². The van der Waals surface area contributed by atoms with Crippen LogP contribution in [0.3, 0.4) is 0 Å². The Morgan fingerprint density at radius 1 is 1.50 bits per heavy atom. The molecule has 1 amide bonds. The average Bonchev–Trinajstić information content (AvgIpc) is 2.48. The molecular weight excluding hydrogens is 202 g/mol. The van der Waals surface area contributed by atoms with Crippen molar-refractivity contribution in [2.24, 2.45) is 5.92 Å². The molecule has 0 N–H and O–H groups in total. The first kappa shape index (κ1) is 11.5. The van der Waals surface area contributed by atoms with Gasteiger partial charge < -0.3 is 4.74 Å². The second-order valence-electron chi connectivity index (χ2n) is 5.40. The minimum absolute atomic E-state index is 0.171. The van der Waals surface area contributed by atoms with Crippen molar-refractivity contribution in [3.05, 3.63) is 12.7 Å². The van der Waals surface area contributed by atoms with E-state index in [0.717, 1.165) is 25.8 Å². The maximum atomic E-state index is 11.9. The lowest BCUT2D eigenvalue weighted by atomic mass is 9.69. The van der Waals surface area contributed by atoms with Crippen LogP contribution in [0.2, 0.25) is 0 Å². The fourth-order valence-corrected chi connectivity index (χ4v) is 3.37. The average molecular weight is 223 g/mol. The van der Waals surface area contributed by atoms with Crippen LogP contribution in [0.1, 0.15) is 40.0 Å². The van der Waals surface area contributed by atoms with Gasteiger partial charge in [-0.3, -0.25) is 4.90 Å². The normalized spacial score (nSPS) is 38.5. The van der Waals surface area contributed by atoms with Gasteiger partial charge in [-0.05, 0) is 38.2 Å². The second kappa shape index (κ2) is 3.51. The van der Waals surface area contributed by atoms with Crippen LogP contribution in [0.15, 0.2) is 12.7 Å². The number of amides is 1. The molecular formula is C13H21NO2. The van der Waals surface area contributed by atoms with Crippen LogP contribution in [-0.4, -0.2) is 28.7 Å². The molecule has 0 radical (unpaired) electrons. The van der Waals surface area contributed by atoms with Gasteiger partial charge in [0.1, 0.15) is 0 Å². The van der Waals surface area contributed by atoms with Crippen molar-refractivity contribution in [2.45, 2.75) is 51.2 Å². The number of fused-ring (bicyclic) bond motifs is 1. The number of nitrogens with zero attached hydrogens (tertiary/aromatic N) is 1. The Labute approximate surface area is 97.5 Å². The van der Waals surface area contributed by atoms with Crippen LogP contribution in [0.4, 0.5) is 4.79 Å². The van der Waals surface area contributed by atoms with E-state index in [4.69, 9.17) is 4.74 Å². The van der Waals surface area contributed by atoms with E-state index in [-0.39, 0.29) is 17.6 Å². The van der Waals surface area contributed by atoms with Crippen LogP contribution in [0.25, 0.3) is 0 Å². The van der Waals surface area contributed by atoms with Crippen molar-refractivity contribution < 1.29 is 9.53 Å². The van der Waals surface area contributed by atoms with Gasteiger partial charge >= 0.3 is 6.09 Å². The van der Waals surface area contributed by atoms with Crippen molar-refractivity contribution in [2.75, 3.05) is 6.54 Å². The van der Waals surface area contributed by atoms with Gasteiger partial charge in [0.15, 0.2) is 5.60 Å². The molecule has 2 aliphatic heterocycles. The van der Waals surface area contributed by atoms with Crippen LogP contribution in [-0.2, 0) is 4.74 Å². The van der Waals surface area contributed by atoms with Crippen LogP contribution in [0, 0.1) is 5.92 Å². The molecule has 2 rings (SSSR count). The molecule has 2 heterocycles. The number of ether oxygens (including phenoxy) is 1. The van der Waals surface area contributed by atoms with Crippen LogP contribution >= 0.6 is 0 Å². The van der Waals surface area contributed by atoms with Gasteiger partial charge in [0.2, 0.25) is 0 Å². The zero-order chi connectivity index (χ0) is 12.0. The molecule has 0 spiro atoms. The molecule has 2 aliphatic rings. The highest BCUT2D eigenvalue weighted by Gasteiger charge is 2.62. The zero-order valence-corrected chi connectivity index (χ0v) is 10.5. The van der Waals surface area contributed by atoms with E-state index in [1.54, 1.807) is 0 Å². The molecule has 3 nitrogen and oxygen atoms in total. The van der Waals surface area contributed by atoms with Crippen molar-refractivity contribution in [1.29, 1.82) is 0 Å². The van der Waals surface area contributed by atoms with Crippen molar-refractivity contribution in [1.82, 2.24) is 4.90 Å².